The van der Waals surface area contributed by atoms with Crippen molar-refractivity contribution in [2.24, 2.45) is 0 Å². The van der Waals surface area contributed by atoms with Gasteiger partial charge in [-0.15, -0.1) is 0 Å². The maximum atomic E-state index is 7.07. The average Bonchev–Trinajstić information content (AvgIpc) is 3.24. The molecule has 0 aliphatic heterocycles. The van der Waals surface area contributed by atoms with Gasteiger partial charge >= 0.3 is 0 Å². The number of halogens is 6. The monoisotopic (exact) mass is 1090 g/mol. The van der Waals surface area contributed by atoms with E-state index in [0.717, 1.165) is 99.7 Å². The number of hydrogen-bond acceptors (Lipinski definition) is 5. The molecule has 6 aromatic carbocycles. The van der Waals surface area contributed by atoms with Gasteiger partial charge in [-0.25, -0.2) is 0 Å². The minimum atomic E-state index is -0.366. The first kappa shape index (κ1) is 46.9. The Kier molecular flexibility index (Phi) is 19.4. The highest BCUT2D eigenvalue weighted by molar-refractivity contribution is 9.11. The summed E-state index contributed by atoms with van der Waals surface area (Å²) in [6, 6.07) is 42.1. The molecule has 308 valence electrons. The van der Waals surface area contributed by atoms with Crippen LogP contribution in [0.25, 0.3) is 0 Å². The third-order valence-corrected chi connectivity index (χ3v) is 16.0. The molecule has 6 rings (SSSR count). The minimum absolute atomic E-state index is 0.366. The van der Waals surface area contributed by atoms with Crippen LogP contribution in [0.4, 0.5) is 0 Å². The van der Waals surface area contributed by atoms with E-state index in [1.54, 1.807) is 7.11 Å². The maximum absolute atomic E-state index is 7.07. The lowest BCUT2D eigenvalue weighted by Gasteiger charge is -2.23. The maximum Gasteiger partial charge on any atom is 0.118 e. The van der Waals surface area contributed by atoms with Crippen LogP contribution in [0.2, 0.25) is 15.1 Å². The van der Waals surface area contributed by atoms with Crippen LogP contribution in [0.5, 0.6) is 5.75 Å². The van der Waals surface area contributed by atoms with Crippen LogP contribution in [-0.4, -0.2) is 24.4 Å². The molecular weight excluding hydrogens is 1050 g/mol. The third kappa shape index (κ3) is 14.5. The summed E-state index contributed by atoms with van der Waals surface area (Å²) in [5.41, 5.74) is 10.8. The lowest BCUT2D eigenvalue weighted by Crippen LogP contribution is -2.10. The van der Waals surface area contributed by atoms with E-state index in [1.165, 1.54) is 33.4 Å². The fourth-order valence-electron chi connectivity index (χ4n) is 6.38. The van der Waals surface area contributed by atoms with Gasteiger partial charge in [0.05, 0.1) is 13.7 Å². The molecule has 0 aliphatic carbocycles. The first-order valence-electron chi connectivity index (χ1n) is 19.2. The second-order valence-corrected chi connectivity index (χ2v) is 21.0. The first-order chi connectivity index (χ1) is 28.7. The van der Waals surface area contributed by atoms with Gasteiger partial charge in [0.25, 0.3) is 0 Å². The van der Waals surface area contributed by atoms with Gasteiger partial charge in [-0.3, -0.25) is 0 Å². The first-order valence-corrected chi connectivity index (χ1v) is 26.1. The normalized spacial score (nSPS) is 11.8. The fourth-order valence-corrected chi connectivity index (χ4v) is 12.1. The molecule has 1 unspecified atom stereocenters. The van der Waals surface area contributed by atoms with Crippen LogP contribution in [-0.2, 0) is 47.9 Å². The number of thioether (sulfide) groups is 3. The molecule has 0 saturated heterocycles. The zero-order valence-corrected chi connectivity index (χ0v) is 42.0. The largest absolute Gasteiger partial charge is 0.497 e. The smallest absolute Gasteiger partial charge is 0.118 e. The highest BCUT2D eigenvalue weighted by Crippen LogP contribution is 2.40. The predicted octanol–water partition coefficient (Wildman–Crippen LogP) is 16.7. The Morgan fingerprint density at radius 3 is 1.46 bits per heavy atom. The van der Waals surface area contributed by atoms with Crippen molar-refractivity contribution in [1.29, 1.82) is 0 Å². The van der Waals surface area contributed by atoms with Crippen LogP contribution in [0, 0.1) is 0 Å². The number of methoxy groups -OCH3 is 1. The van der Waals surface area contributed by atoms with E-state index in [4.69, 9.17) is 44.3 Å². The van der Waals surface area contributed by atoms with Gasteiger partial charge < -0.3 is 9.47 Å². The molecule has 0 amide bonds. The Morgan fingerprint density at radius 2 is 0.966 bits per heavy atom. The van der Waals surface area contributed by atoms with Crippen LogP contribution < -0.4 is 4.74 Å². The molecule has 1 atom stereocenters. The number of hydrogen-bond donors (Lipinski definition) is 0. The number of ether oxygens (including phenoxy) is 2. The van der Waals surface area contributed by atoms with Crippen LogP contribution in [0.15, 0.2) is 135 Å². The summed E-state index contributed by atoms with van der Waals surface area (Å²) >= 11 is 36.4. The van der Waals surface area contributed by atoms with E-state index < -0.39 is 0 Å². The van der Waals surface area contributed by atoms with Gasteiger partial charge in [0.2, 0.25) is 0 Å². The van der Waals surface area contributed by atoms with E-state index in [1.807, 2.05) is 77.8 Å². The summed E-state index contributed by atoms with van der Waals surface area (Å²) in [7, 11) is 1.70. The van der Waals surface area contributed by atoms with E-state index in [9.17, 15) is 0 Å². The summed E-state index contributed by atoms with van der Waals surface area (Å²) < 4.78 is 15.3. The standard InChI is InChI=1S/C48H44Br3Cl3O2S3/c1-55-42-17-8-35(9-18-42)31-59-25-22-38-14-19-45(54)46(47(38)51)48(39-10-6-34(7-11-39)30-58-24-21-37-13-16-41(53)27-44(37)50)56-28-32-2-4-33(5-3-32)29-57-23-20-36-12-15-40(52)26-43(36)49/h2-19,26-27,48H,20-25,28-31H2,1H3. The van der Waals surface area contributed by atoms with Gasteiger partial charge in [-0.2, -0.15) is 35.3 Å². The second kappa shape index (κ2) is 24.3. The quantitative estimate of drug-likeness (QED) is 0.0667. The Balaban J connectivity index is 1.11. The SMILES string of the molecule is COc1ccc(CSCCc2ccc(Cl)c(C(OCc3ccc(CSCCc4ccc(Cl)cc4Br)cc3)c3ccc(CSCCc4ccc(Cl)cc4Br)cc3)c2Br)cc1. The zero-order chi connectivity index (χ0) is 41.6. The van der Waals surface area contributed by atoms with Crippen molar-refractivity contribution in [3.8, 4) is 5.75 Å². The highest BCUT2D eigenvalue weighted by Gasteiger charge is 2.23. The Bertz CT molecular complexity index is 2260. The molecule has 0 fully saturated rings. The van der Waals surface area contributed by atoms with Crippen molar-refractivity contribution >= 4 is 118 Å². The number of aryl methyl sites for hydroxylation is 3. The van der Waals surface area contributed by atoms with Crippen molar-refractivity contribution in [1.82, 2.24) is 0 Å². The number of benzene rings is 6. The van der Waals surface area contributed by atoms with E-state index in [-0.39, 0.29) is 6.10 Å². The Morgan fingerprint density at radius 1 is 0.525 bits per heavy atom. The summed E-state index contributed by atoms with van der Waals surface area (Å²) in [5, 5.41) is 2.18. The van der Waals surface area contributed by atoms with Crippen molar-refractivity contribution < 1.29 is 9.47 Å². The van der Waals surface area contributed by atoms with E-state index in [0.29, 0.717) is 11.6 Å². The molecule has 0 radical (unpaired) electrons. The van der Waals surface area contributed by atoms with Gasteiger partial charge in [0.1, 0.15) is 11.9 Å². The fraction of sp³-hybridized carbons (Fsp3) is 0.250. The third-order valence-electron chi connectivity index (χ3n) is 9.73. The van der Waals surface area contributed by atoms with Crippen molar-refractivity contribution in [3.05, 3.63) is 200 Å². The van der Waals surface area contributed by atoms with Gasteiger partial charge in [0.15, 0.2) is 0 Å². The topological polar surface area (TPSA) is 18.5 Å². The van der Waals surface area contributed by atoms with E-state index >= 15 is 0 Å². The van der Waals surface area contributed by atoms with E-state index in [2.05, 4.69) is 127 Å². The predicted molar refractivity (Wildman–Crippen MR) is 270 cm³/mol. The second-order valence-electron chi connectivity index (χ2n) is 13.9. The van der Waals surface area contributed by atoms with Gasteiger partial charge in [-0.05, 0) is 123 Å². The molecule has 0 heterocycles. The lowest BCUT2D eigenvalue weighted by molar-refractivity contribution is 0.0663. The molecule has 0 spiro atoms. The van der Waals surface area contributed by atoms with Crippen molar-refractivity contribution in [3.63, 3.8) is 0 Å². The van der Waals surface area contributed by atoms with Gasteiger partial charge in [0, 0.05) is 51.3 Å². The highest BCUT2D eigenvalue weighted by atomic mass is 79.9. The molecule has 11 heteroatoms. The molecule has 0 saturated carbocycles. The summed E-state index contributed by atoms with van der Waals surface area (Å²) in [5.74, 6) is 6.71. The molecule has 0 aliphatic rings. The van der Waals surface area contributed by atoms with Crippen molar-refractivity contribution in [2.45, 2.75) is 49.2 Å². The zero-order valence-electron chi connectivity index (χ0n) is 32.5. The molecule has 0 bridgehead atoms. The van der Waals surface area contributed by atoms with Crippen LogP contribution in [0.3, 0.4) is 0 Å². The van der Waals surface area contributed by atoms with Crippen molar-refractivity contribution in [2.75, 3.05) is 24.4 Å². The lowest BCUT2D eigenvalue weighted by atomic mass is 9.97. The van der Waals surface area contributed by atoms with Gasteiger partial charge in [-0.1, -0.05) is 161 Å². The van der Waals surface area contributed by atoms with Crippen LogP contribution in [0.1, 0.15) is 56.2 Å². The summed E-state index contributed by atoms with van der Waals surface area (Å²) in [6.45, 7) is 0.450. The Labute approximate surface area is 402 Å². The molecule has 6 aromatic rings. The molecule has 2 nitrogen and oxygen atoms in total. The summed E-state index contributed by atoms with van der Waals surface area (Å²) in [4.78, 5) is 0. The molecule has 0 N–H and O–H groups in total. The van der Waals surface area contributed by atoms with Crippen LogP contribution >= 0.6 is 118 Å². The number of rotatable bonds is 21. The minimum Gasteiger partial charge on any atom is -0.497 e. The summed E-state index contributed by atoms with van der Waals surface area (Å²) in [6.07, 6.45) is 2.49. The molecule has 0 aromatic heterocycles. The molecular formula is C48H44Br3Cl3O2S3. The Hall–Kier alpha value is -1.56. The average molecular weight is 1100 g/mol. The molecule has 59 heavy (non-hydrogen) atoms.